The van der Waals surface area contributed by atoms with E-state index in [4.69, 9.17) is 11.6 Å². The molecule has 0 bridgehead atoms. The van der Waals surface area contributed by atoms with Crippen molar-refractivity contribution in [3.05, 3.63) is 51.6 Å². The summed E-state index contributed by atoms with van der Waals surface area (Å²) in [7, 11) is 1.45. The molecule has 1 aliphatic heterocycles. The lowest BCUT2D eigenvalue weighted by atomic mass is 10.00. The molecule has 0 aliphatic carbocycles. The number of carbonyl (C=O) groups excluding carboxylic acids is 4. The number of ketones is 1. The number of aromatic nitrogens is 1. The molecule has 33 heavy (non-hydrogen) atoms. The van der Waals surface area contributed by atoms with Crippen LogP contribution in [0.4, 0.5) is 10.1 Å². The highest BCUT2D eigenvalue weighted by atomic mass is 35.5. The van der Waals surface area contributed by atoms with Crippen molar-refractivity contribution < 1.29 is 23.6 Å². The van der Waals surface area contributed by atoms with E-state index in [0.717, 1.165) is 6.07 Å². The van der Waals surface area contributed by atoms with Crippen LogP contribution in [0.5, 0.6) is 0 Å². The van der Waals surface area contributed by atoms with Crippen molar-refractivity contribution in [1.29, 1.82) is 0 Å². The van der Waals surface area contributed by atoms with Gasteiger partial charge in [-0.25, -0.2) is 4.39 Å². The van der Waals surface area contributed by atoms with E-state index in [1.165, 1.54) is 19.2 Å². The standard InChI is InChI=1S/C23H26ClFN4O4/c1-11(2)18(21(31)26-4)28-23(33)20(30)17-12(3)19(29-9-5-6-16(17)29)22(32)27-13-7-8-15(25)14(24)10-13/h7-8,10-11,18H,5-6,9H2,1-4H3,(H,26,31)(H,27,32)(H,28,33). The number of fused-ring (bicyclic) bond motifs is 1. The van der Waals surface area contributed by atoms with Gasteiger partial charge in [0, 0.05) is 25.0 Å². The molecule has 3 rings (SSSR count). The van der Waals surface area contributed by atoms with Crippen LogP contribution in [0, 0.1) is 18.7 Å². The lowest BCUT2D eigenvalue weighted by molar-refractivity contribution is -0.127. The maximum Gasteiger partial charge on any atom is 0.293 e. The van der Waals surface area contributed by atoms with E-state index >= 15 is 0 Å². The highest BCUT2D eigenvalue weighted by molar-refractivity contribution is 6.44. The first kappa shape index (κ1) is 24.4. The molecule has 3 amide bonds. The maximum absolute atomic E-state index is 13.4. The fourth-order valence-electron chi connectivity index (χ4n) is 4.09. The van der Waals surface area contributed by atoms with E-state index in [9.17, 15) is 23.6 Å². The number of nitrogens with one attached hydrogen (secondary N) is 3. The van der Waals surface area contributed by atoms with Crippen LogP contribution in [0.3, 0.4) is 0 Å². The third-order valence-electron chi connectivity index (χ3n) is 5.72. The lowest BCUT2D eigenvalue weighted by Gasteiger charge is -2.20. The number of carbonyl (C=O) groups is 4. The SMILES string of the molecule is CNC(=O)C(NC(=O)C(=O)c1c(C)c(C(=O)Nc2ccc(F)c(Cl)c2)n2c1CCC2)C(C)C. The predicted octanol–water partition coefficient (Wildman–Crippen LogP) is 2.86. The summed E-state index contributed by atoms with van der Waals surface area (Å²) in [6, 6.07) is 2.95. The van der Waals surface area contributed by atoms with Crippen LogP contribution in [0.15, 0.2) is 18.2 Å². The fraction of sp³-hybridized carbons (Fsp3) is 0.391. The Hall–Kier alpha value is -3.20. The van der Waals surface area contributed by atoms with Crippen LogP contribution in [-0.2, 0) is 22.6 Å². The Kier molecular flexibility index (Phi) is 7.22. The van der Waals surface area contributed by atoms with Crippen LogP contribution in [0.1, 0.15) is 52.4 Å². The molecule has 3 N–H and O–H groups in total. The molecule has 1 aromatic heterocycles. The number of Topliss-reactive ketones (excluding diaryl/α,β-unsaturated/α-hetero) is 1. The highest BCUT2D eigenvalue weighted by Gasteiger charge is 2.34. The Balaban J connectivity index is 1.91. The van der Waals surface area contributed by atoms with Gasteiger partial charge in [0.1, 0.15) is 17.6 Å². The first-order valence-corrected chi connectivity index (χ1v) is 11.0. The fourth-order valence-corrected chi connectivity index (χ4v) is 4.27. The number of halogens is 2. The van der Waals surface area contributed by atoms with Gasteiger partial charge in [0.05, 0.1) is 10.6 Å². The van der Waals surface area contributed by atoms with Crippen molar-refractivity contribution in [2.75, 3.05) is 12.4 Å². The number of hydrogen-bond donors (Lipinski definition) is 3. The van der Waals surface area contributed by atoms with Gasteiger partial charge in [0.15, 0.2) is 0 Å². The van der Waals surface area contributed by atoms with Gasteiger partial charge in [0.25, 0.3) is 17.6 Å². The molecular formula is C23H26ClFN4O4. The minimum Gasteiger partial charge on any atom is -0.357 e. The molecule has 2 heterocycles. The number of benzene rings is 1. The van der Waals surface area contributed by atoms with E-state index in [1.807, 2.05) is 0 Å². The molecule has 176 valence electrons. The van der Waals surface area contributed by atoms with Crippen LogP contribution in [-0.4, -0.2) is 41.2 Å². The third kappa shape index (κ3) is 4.78. The summed E-state index contributed by atoms with van der Waals surface area (Å²) in [6.45, 7) is 5.65. The molecule has 0 fully saturated rings. The summed E-state index contributed by atoms with van der Waals surface area (Å²) >= 11 is 5.80. The molecule has 1 aliphatic rings. The third-order valence-corrected chi connectivity index (χ3v) is 6.01. The van der Waals surface area contributed by atoms with Crippen LogP contribution < -0.4 is 16.0 Å². The van der Waals surface area contributed by atoms with Crippen molar-refractivity contribution in [1.82, 2.24) is 15.2 Å². The van der Waals surface area contributed by atoms with Crippen molar-refractivity contribution in [3.63, 3.8) is 0 Å². The van der Waals surface area contributed by atoms with Gasteiger partial charge in [-0.3, -0.25) is 19.2 Å². The average molecular weight is 477 g/mol. The van der Waals surface area contributed by atoms with Gasteiger partial charge >= 0.3 is 0 Å². The van der Waals surface area contributed by atoms with Gasteiger partial charge in [0.2, 0.25) is 5.91 Å². The predicted molar refractivity (Wildman–Crippen MR) is 122 cm³/mol. The first-order valence-electron chi connectivity index (χ1n) is 10.6. The topological polar surface area (TPSA) is 109 Å². The van der Waals surface area contributed by atoms with Gasteiger partial charge in [-0.15, -0.1) is 0 Å². The zero-order chi connectivity index (χ0) is 24.4. The second-order valence-electron chi connectivity index (χ2n) is 8.27. The molecule has 1 atom stereocenters. The Bertz CT molecular complexity index is 1140. The van der Waals surface area contributed by atoms with Crippen molar-refractivity contribution in [2.24, 2.45) is 5.92 Å². The Morgan fingerprint density at radius 3 is 2.48 bits per heavy atom. The zero-order valence-corrected chi connectivity index (χ0v) is 19.6. The average Bonchev–Trinajstić information content (AvgIpc) is 3.32. The van der Waals surface area contributed by atoms with E-state index in [1.54, 1.807) is 25.3 Å². The molecular weight excluding hydrogens is 451 g/mol. The normalized spacial score (nSPS) is 13.4. The molecule has 0 spiro atoms. The van der Waals surface area contributed by atoms with E-state index in [0.29, 0.717) is 36.3 Å². The molecule has 8 nitrogen and oxygen atoms in total. The smallest absolute Gasteiger partial charge is 0.293 e. The number of hydrogen-bond acceptors (Lipinski definition) is 4. The van der Waals surface area contributed by atoms with Crippen molar-refractivity contribution in [3.8, 4) is 0 Å². The first-order chi connectivity index (χ1) is 15.6. The monoisotopic (exact) mass is 476 g/mol. The summed E-state index contributed by atoms with van der Waals surface area (Å²) in [5, 5.41) is 7.53. The number of anilines is 1. The summed E-state index contributed by atoms with van der Waals surface area (Å²) in [5.74, 6) is -3.43. The van der Waals surface area contributed by atoms with Crippen molar-refractivity contribution >= 4 is 40.8 Å². The Morgan fingerprint density at radius 1 is 1.18 bits per heavy atom. The van der Waals surface area contributed by atoms with Gasteiger partial charge in [-0.05, 0) is 49.4 Å². The molecule has 2 aromatic rings. The summed E-state index contributed by atoms with van der Waals surface area (Å²) in [5.41, 5.74) is 1.71. The van der Waals surface area contributed by atoms with Gasteiger partial charge in [-0.1, -0.05) is 25.4 Å². The molecule has 0 saturated heterocycles. The highest BCUT2D eigenvalue weighted by Crippen LogP contribution is 2.30. The number of rotatable bonds is 7. The molecule has 10 heteroatoms. The molecule has 1 unspecified atom stereocenters. The lowest BCUT2D eigenvalue weighted by Crippen LogP contribution is -2.50. The van der Waals surface area contributed by atoms with Crippen molar-refractivity contribution in [2.45, 2.75) is 46.2 Å². The number of likely N-dealkylation sites (N-methyl/N-ethyl adjacent to an activating group) is 1. The van der Waals surface area contributed by atoms with Gasteiger partial charge in [-0.2, -0.15) is 0 Å². The molecule has 1 aromatic carbocycles. The number of nitrogens with zero attached hydrogens (tertiary/aromatic N) is 1. The minimum atomic E-state index is -0.905. The second kappa shape index (κ2) is 9.74. The number of amides is 3. The summed E-state index contributed by atoms with van der Waals surface area (Å²) in [4.78, 5) is 51.0. The zero-order valence-electron chi connectivity index (χ0n) is 18.8. The second-order valence-corrected chi connectivity index (χ2v) is 8.68. The summed E-state index contributed by atoms with van der Waals surface area (Å²) in [6.07, 6.45) is 1.25. The van der Waals surface area contributed by atoms with E-state index in [-0.39, 0.29) is 22.2 Å². The Labute approximate surface area is 195 Å². The largest absolute Gasteiger partial charge is 0.357 e. The van der Waals surface area contributed by atoms with Crippen LogP contribution in [0.25, 0.3) is 0 Å². The molecule has 0 saturated carbocycles. The van der Waals surface area contributed by atoms with Crippen LogP contribution >= 0.6 is 11.6 Å². The van der Waals surface area contributed by atoms with E-state index in [2.05, 4.69) is 16.0 Å². The quantitative estimate of drug-likeness (QED) is 0.421. The summed E-state index contributed by atoms with van der Waals surface area (Å²) < 4.78 is 15.2. The molecule has 0 radical (unpaired) electrons. The Morgan fingerprint density at radius 2 is 1.88 bits per heavy atom. The van der Waals surface area contributed by atoms with Crippen LogP contribution in [0.2, 0.25) is 5.02 Å². The van der Waals surface area contributed by atoms with E-state index < -0.39 is 35.4 Å². The van der Waals surface area contributed by atoms with Gasteiger partial charge < -0.3 is 20.5 Å². The minimum absolute atomic E-state index is 0.131. The maximum atomic E-state index is 13.4.